The van der Waals surface area contributed by atoms with Crippen molar-refractivity contribution in [3.8, 4) is 5.75 Å². The molecular weight excluding hydrogens is 276 g/mol. The van der Waals surface area contributed by atoms with Gasteiger partial charge in [0.2, 0.25) is 6.10 Å². The number of ether oxygens (including phenoxy) is 1. The fourth-order valence-corrected chi connectivity index (χ4v) is 2.74. The Morgan fingerprint density at radius 2 is 1.95 bits per heavy atom. The van der Waals surface area contributed by atoms with Crippen LogP contribution in [0.3, 0.4) is 0 Å². The van der Waals surface area contributed by atoms with Crippen molar-refractivity contribution in [1.29, 1.82) is 0 Å². The Balaban J connectivity index is 2.09. The second-order valence-corrected chi connectivity index (χ2v) is 5.67. The molecule has 2 aromatic carbocycles. The third kappa shape index (κ3) is 2.46. The molecule has 2 atom stereocenters. The number of nitrogens with two attached hydrogens (primary N) is 1. The van der Waals surface area contributed by atoms with Crippen LogP contribution in [0.25, 0.3) is 0 Å². The van der Waals surface area contributed by atoms with Gasteiger partial charge in [-0.3, -0.25) is 4.79 Å². The molecule has 3 rings (SSSR count). The SMILES string of the molecule is Cc1ccc2c(c1)N(C(C)CN)C(=O)C(c1ccccc1)O2. The van der Waals surface area contributed by atoms with Gasteiger partial charge in [-0.1, -0.05) is 36.4 Å². The number of carbonyl (C=O) groups is 1. The Labute approximate surface area is 130 Å². The van der Waals surface area contributed by atoms with E-state index in [1.807, 2.05) is 62.4 Å². The van der Waals surface area contributed by atoms with E-state index >= 15 is 0 Å². The summed E-state index contributed by atoms with van der Waals surface area (Å²) in [4.78, 5) is 14.7. The largest absolute Gasteiger partial charge is 0.474 e. The molecule has 22 heavy (non-hydrogen) atoms. The lowest BCUT2D eigenvalue weighted by Crippen LogP contribution is -2.48. The number of aryl methyl sites for hydroxylation is 1. The van der Waals surface area contributed by atoms with Gasteiger partial charge in [0.25, 0.3) is 5.91 Å². The van der Waals surface area contributed by atoms with E-state index in [0.717, 1.165) is 22.6 Å². The first-order valence-electron chi connectivity index (χ1n) is 7.47. The predicted molar refractivity (Wildman–Crippen MR) is 87.0 cm³/mol. The third-order valence-electron chi connectivity index (χ3n) is 3.96. The number of nitrogens with zero attached hydrogens (tertiary/aromatic N) is 1. The molecule has 2 unspecified atom stereocenters. The van der Waals surface area contributed by atoms with E-state index < -0.39 is 6.10 Å². The average molecular weight is 296 g/mol. The summed E-state index contributed by atoms with van der Waals surface area (Å²) in [6.45, 7) is 4.36. The molecule has 0 aromatic heterocycles. The zero-order chi connectivity index (χ0) is 15.7. The lowest BCUT2D eigenvalue weighted by Gasteiger charge is -2.38. The van der Waals surface area contributed by atoms with Crippen molar-refractivity contribution in [3.05, 3.63) is 59.7 Å². The van der Waals surface area contributed by atoms with Gasteiger partial charge in [0.1, 0.15) is 5.75 Å². The number of carbonyl (C=O) groups excluding carboxylic acids is 1. The van der Waals surface area contributed by atoms with Crippen LogP contribution in [0.5, 0.6) is 5.75 Å². The maximum absolute atomic E-state index is 12.9. The van der Waals surface area contributed by atoms with Crippen molar-refractivity contribution >= 4 is 11.6 Å². The number of anilines is 1. The zero-order valence-electron chi connectivity index (χ0n) is 12.8. The quantitative estimate of drug-likeness (QED) is 0.947. The zero-order valence-corrected chi connectivity index (χ0v) is 12.8. The summed E-state index contributed by atoms with van der Waals surface area (Å²) < 4.78 is 5.98. The van der Waals surface area contributed by atoms with E-state index in [0.29, 0.717) is 6.54 Å². The molecular formula is C18H20N2O2. The molecule has 0 aliphatic carbocycles. The molecule has 114 valence electrons. The van der Waals surface area contributed by atoms with Crippen LogP contribution in [0, 0.1) is 6.92 Å². The first-order valence-corrected chi connectivity index (χ1v) is 7.47. The first-order chi connectivity index (χ1) is 10.6. The van der Waals surface area contributed by atoms with Crippen LogP contribution < -0.4 is 15.4 Å². The standard InChI is InChI=1S/C18H20N2O2/c1-12-8-9-16-15(10-12)20(13(2)11-19)18(21)17(22-16)14-6-4-3-5-7-14/h3-10,13,17H,11,19H2,1-2H3. The van der Waals surface area contributed by atoms with Gasteiger partial charge in [-0.2, -0.15) is 0 Å². The van der Waals surface area contributed by atoms with Crippen LogP contribution in [0.15, 0.2) is 48.5 Å². The van der Waals surface area contributed by atoms with Gasteiger partial charge in [-0.15, -0.1) is 0 Å². The summed E-state index contributed by atoms with van der Waals surface area (Å²) >= 11 is 0. The summed E-state index contributed by atoms with van der Waals surface area (Å²) in [5, 5.41) is 0. The average Bonchev–Trinajstić information content (AvgIpc) is 2.54. The highest BCUT2D eigenvalue weighted by molar-refractivity contribution is 6.01. The second-order valence-electron chi connectivity index (χ2n) is 5.67. The maximum atomic E-state index is 12.9. The minimum Gasteiger partial charge on any atom is -0.474 e. The fourth-order valence-electron chi connectivity index (χ4n) is 2.74. The minimum atomic E-state index is -0.620. The number of hydrogen-bond acceptors (Lipinski definition) is 3. The van der Waals surface area contributed by atoms with Gasteiger partial charge in [-0.05, 0) is 31.5 Å². The second kappa shape index (κ2) is 5.81. The molecule has 0 spiro atoms. The number of fused-ring (bicyclic) bond motifs is 1. The first kappa shape index (κ1) is 14.6. The summed E-state index contributed by atoms with van der Waals surface area (Å²) in [5.74, 6) is 0.654. The maximum Gasteiger partial charge on any atom is 0.273 e. The molecule has 1 aliphatic heterocycles. The van der Waals surface area contributed by atoms with Crippen molar-refractivity contribution in [3.63, 3.8) is 0 Å². The highest BCUT2D eigenvalue weighted by atomic mass is 16.5. The van der Waals surface area contributed by atoms with Gasteiger partial charge in [0, 0.05) is 18.2 Å². The molecule has 0 saturated heterocycles. The van der Waals surface area contributed by atoms with Crippen LogP contribution in [0.4, 0.5) is 5.69 Å². The Bertz CT molecular complexity index is 685. The lowest BCUT2D eigenvalue weighted by atomic mass is 10.0. The fraction of sp³-hybridized carbons (Fsp3) is 0.278. The van der Waals surface area contributed by atoms with Crippen LogP contribution in [0.2, 0.25) is 0 Å². The molecule has 2 N–H and O–H groups in total. The highest BCUT2D eigenvalue weighted by Gasteiger charge is 2.37. The Morgan fingerprint density at radius 3 is 2.64 bits per heavy atom. The van der Waals surface area contributed by atoms with Crippen molar-refractivity contribution in [2.45, 2.75) is 26.0 Å². The molecule has 0 radical (unpaired) electrons. The van der Waals surface area contributed by atoms with Gasteiger partial charge >= 0.3 is 0 Å². The van der Waals surface area contributed by atoms with Crippen LogP contribution in [-0.4, -0.2) is 18.5 Å². The van der Waals surface area contributed by atoms with Crippen molar-refractivity contribution < 1.29 is 9.53 Å². The smallest absolute Gasteiger partial charge is 0.273 e. The monoisotopic (exact) mass is 296 g/mol. The topological polar surface area (TPSA) is 55.6 Å². The molecule has 1 heterocycles. The molecule has 0 bridgehead atoms. The summed E-state index contributed by atoms with van der Waals surface area (Å²) in [6, 6.07) is 15.4. The van der Waals surface area contributed by atoms with Gasteiger partial charge < -0.3 is 15.4 Å². The Hall–Kier alpha value is -2.33. The van der Waals surface area contributed by atoms with E-state index in [-0.39, 0.29) is 11.9 Å². The van der Waals surface area contributed by atoms with E-state index in [2.05, 4.69) is 0 Å². The van der Waals surface area contributed by atoms with Crippen LogP contribution in [-0.2, 0) is 4.79 Å². The predicted octanol–water partition coefficient (Wildman–Crippen LogP) is 2.81. The third-order valence-corrected chi connectivity index (χ3v) is 3.96. The van der Waals surface area contributed by atoms with Crippen molar-refractivity contribution in [2.24, 2.45) is 5.73 Å². The molecule has 2 aromatic rings. The summed E-state index contributed by atoms with van der Waals surface area (Å²) in [6.07, 6.45) is -0.620. The molecule has 4 heteroatoms. The summed E-state index contributed by atoms with van der Waals surface area (Å²) in [7, 11) is 0. The number of hydrogen-bond donors (Lipinski definition) is 1. The minimum absolute atomic E-state index is 0.0674. The van der Waals surface area contributed by atoms with Gasteiger partial charge in [-0.25, -0.2) is 0 Å². The van der Waals surface area contributed by atoms with Crippen LogP contribution in [0.1, 0.15) is 24.2 Å². The molecule has 1 aliphatic rings. The van der Waals surface area contributed by atoms with Crippen LogP contribution >= 0.6 is 0 Å². The van der Waals surface area contributed by atoms with Crippen molar-refractivity contribution in [1.82, 2.24) is 0 Å². The van der Waals surface area contributed by atoms with E-state index in [9.17, 15) is 4.79 Å². The molecule has 0 saturated carbocycles. The normalized spacial score (nSPS) is 18.6. The Morgan fingerprint density at radius 1 is 1.23 bits per heavy atom. The molecule has 0 fully saturated rings. The van der Waals surface area contributed by atoms with Crippen molar-refractivity contribution in [2.75, 3.05) is 11.4 Å². The van der Waals surface area contributed by atoms with Gasteiger partial charge in [0.05, 0.1) is 5.69 Å². The molecule has 1 amide bonds. The Kier molecular flexibility index (Phi) is 3.86. The van der Waals surface area contributed by atoms with Gasteiger partial charge in [0.15, 0.2) is 0 Å². The summed E-state index contributed by atoms with van der Waals surface area (Å²) in [5.41, 5.74) is 8.55. The number of amides is 1. The van der Waals surface area contributed by atoms with E-state index in [1.165, 1.54) is 0 Å². The lowest BCUT2D eigenvalue weighted by molar-refractivity contribution is -0.127. The van der Waals surface area contributed by atoms with E-state index in [1.54, 1.807) is 4.90 Å². The number of rotatable bonds is 3. The number of benzene rings is 2. The van der Waals surface area contributed by atoms with E-state index in [4.69, 9.17) is 10.5 Å². The highest BCUT2D eigenvalue weighted by Crippen LogP contribution is 2.40. The molecule has 4 nitrogen and oxygen atoms in total.